The maximum atomic E-state index is 12.6. The number of furan rings is 1. The number of hydrogen-bond acceptors (Lipinski definition) is 9. The SMILES string of the molecule is COC(=O)c1c(NC(=O)CSc2nnc(-c3ccoc3C)n2C(C)C)sc(C(N)=O)c1C. The Hall–Kier alpha value is -3.12. The minimum Gasteiger partial charge on any atom is -0.469 e. The largest absolute Gasteiger partial charge is 0.469 e. The van der Waals surface area contributed by atoms with Crippen LogP contribution in [0.4, 0.5) is 5.00 Å². The normalized spacial score (nSPS) is 11.1. The fourth-order valence-electron chi connectivity index (χ4n) is 3.12. The molecule has 3 aromatic rings. The van der Waals surface area contributed by atoms with Crippen molar-refractivity contribution >= 4 is 45.9 Å². The molecule has 0 fully saturated rings. The number of hydrogen-bond donors (Lipinski definition) is 2. The Kier molecular flexibility index (Phi) is 7.04. The molecular formula is C20H23N5O5S2. The van der Waals surface area contributed by atoms with Gasteiger partial charge in [0.2, 0.25) is 5.91 Å². The van der Waals surface area contributed by atoms with E-state index in [1.54, 1.807) is 13.2 Å². The first kappa shape index (κ1) is 23.5. The van der Waals surface area contributed by atoms with Crippen molar-refractivity contribution in [3.8, 4) is 11.4 Å². The molecule has 3 N–H and O–H groups in total. The molecule has 0 aliphatic carbocycles. The summed E-state index contributed by atoms with van der Waals surface area (Å²) < 4.78 is 12.1. The summed E-state index contributed by atoms with van der Waals surface area (Å²) in [6, 6.07) is 1.87. The number of carbonyl (C=O) groups excluding carboxylic acids is 3. The maximum Gasteiger partial charge on any atom is 0.341 e. The third kappa shape index (κ3) is 4.55. The molecule has 0 saturated heterocycles. The number of esters is 1. The van der Waals surface area contributed by atoms with Crippen molar-refractivity contribution in [2.75, 3.05) is 18.2 Å². The first-order chi connectivity index (χ1) is 15.1. The average Bonchev–Trinajstić information content (AvgIpc) is 3.42. The first-order valence-corrected chi connectivity index (χ1v) is 11.4. The Labute approximate surface area is 192 Å². The quantitative estimate of drug-likeness (QED) is 0.371. The van der Waals surface area contributed by atoms with Crippen LogP contribution in [-0.4, -0.2) is 45.4 Å². The third-order valence-corrected chi connectivity index (χ3v) is 6.79. The van der Waals surface area contributed by atoms with Crippen LogP contribution in [0, 0.1) is 13.8 Å². The number of aromatic nitrogens is 3. The predicted octanol–water partition coefficient (Wildman–Crippen LogP) is 3.41. The molecule has 0 atom stereocenters. The van der Waals surface area contributed by atoms with Crippen LogP contribution in [0.5, 0.6) is 0 Å². The molecule has 0 unspecified atom stereocenters. The van der Waals surface area contributed by atoms with Crippen LogP contribution in [0.2, 0.25) is 0 Å². The Bertz CT molecular complexity index is 1180. The maximum absolute atomic E-state index is 12.6. The molecular weight excluding hydrogens is 454 g/mol. The van der Waals surface area contributed by atoms with Gasteiger partial charge in [0.05, 0.1) is 35.1 Å². The van der Waals surface area contributed by atoms with Gasteiger partial charge in [0, 0.05) is 6.04 Å². The van der Waals surface area contributed by atoms with Crippen molar-refractivity contribution in [1.82, 2.24) is 14.8 Å². The van der Waals surface area contributed by atoms with Gasteiger partial charge in [0.25, 0.3) is 5.91 Å². The standard InChI is InChI=1S/C20H23N5O5S2/c1-9(2)25-17(12-6-7-30-11(12)4)23-24-20(25)31-8-13(26)22-18-14(19(28)29-5)10(3)15(32-18)16(21)27/h6-7,9H,8H2,1-5H3,(H2,21,27)(H,22,26). The summed E-state index contributed by atoms with van der Waals surface area (Å²) in [5.41, 5.74) is 6.70. The third-order valence-electron chi connectivity index (χ3n) is 4.63. The molecule has 0 bridgehead atoms. The van der Waals surface area contributed by atoms with E-state index in [0.29, 0.717) is 16.5 Å². The van der Waals surface area contributed by atoms with Gasteiger partial charge in [-0.3, -0.25) is 14.2 Å². The van der Waals surface area contributed by atoms with Crippen molar-refractivity contribution in [2.24, 2.45) is 5.73 Å². The molecule has 170 valence electrons. The second kappa shape index (κ2) is 9.57. The second-order valence-electron chi connectivity index (χ2n) is 7.11. The lowest BCUT2D eigenvalue weighted by Crippen LogP contribution is -2.16. The summed E-state index contributed by atoms with van der Waals surface area (Å²) in [7, 11) is 1.23. The Morgan fingerprint density at radius 3 is 2.59 bits per heavy atom. The van der Waals surface area contributed by atoms with Gasteiger partial charge >= 0.3 is 5.97 Å². The zero-order valence-corrected chi connectivity index (χ0v) is 19.8. The van der Waals surface area contributed by atoms with Crippen molar-refractivity contribution in [3.05, 3.63) is 34.1 Å². The van der Waals surface area contributed by atoms with E-state index in [0.717, 1.165) is 22.7 Å². The number of thioether (sulfide) groups is 1. The number of nitrogens with zero attached hydrogens (tertiary/aromatic N) is 3. The molecule has 0 aliphatic heterocycles. The lowest BCUT2D eigenvalue weighted by molar-refractivity contribution is -0.113. The van der Waals surface area contributed by atoms with E-state index >= 15 is 0 Å². The number of rotatable bonds is 8. The van der Waals surface area contributed by atoms with E-state index in [2.05, 4.69) is 15.5 Å². The summed E-state index contributed by atoms with van der Waals surface area (Å²) in [5.74, 6) is -0.326. The molecule has 0 saturated carbocycles. The van der Waals surface area contributed by atoms with E-state index < -0.39 is 11.9 Å². The number of methoxy groups -OCH3 is 1. The topological polar surface area (TPSA) is 142 Å². The molecule has 2 amide bonds. The second-order valence-corrected chi connectivity index (χ2v) is 9.08. The molecule has 12 heteroatoms. The summed E-state index contributed by atoms with van der Waals surface area (Å²) in [5, 5.41) is 12.0. The molecule has 0 aliphatic rings. The summed E-state index contributed by atoms with van der Waals surface area (Å²) >= 11 is 2.15. The zero-order valence-electron chi connectivity index (χ0n) is 18.2. The van der Waals surface area contributed by atoms with Crippen molar-refractivity contribution in [2.45, 2.75) is 38.9 Å². The number of carbonyl (C=O) groups is 3. The van der Waals surface area contributed by atoms with Crippen LogP contribution >= 0.6 is 23.1 Å². The van der Waals surface area contributed by atoms with E-state index in [1.165, 1.54) is 18.9 Å². The van der Waals surface area contributed by atoms with Crippen molar-refractivity contribution in [1.29, 1.82) is 0 Å². The van der Waals surface area contributed by atoms with Gasteiger partial charge in [-0.1, -0.05) is 11.8 Å². The number of aryl methyl sites for hydroxylation is 1. The number of nitrogens with two attached hydrogens (primary N) is 1. The Balaban J connectivity index is 1.80. The highest BCUT2D eigenvalue weighted by Gasteiger charge is 2.26. The highest BCUT2D eigenvalue weighted by atomic mass is 32.2. The monoisotopic (exact) mass is 477 g/mol. The lowest BCUT2D eigenvalue weighted by Gasteiger charge is -2.13. The molecule has 0 radical (unpaired) electrons. The fraction of sp³-hybridized carbons (Fsp3) is 0.350. The van der Waals surface area contributed by atoms with Gasteiger partial charge in [0.1, 0.15) is 10.8 Å². The van der Waals surface area contributed by atoms with E-state index in [1.807, 2.05) is 31.4 Å². The van der Waals surface area contributed by atoms with E-state index in [-0.39, 0.29) is 33.1 Å². The highest BCUT2D eigenvalue weighted by Crippen LogP contribution is 2.34. The average molecular weight is 478 g/mol. The molecule has 32 heavy (non-hydrogen) atoms. The Morgan fingerprint density at radius 1 is 1.31 bits per heavy atom. The first-order valence-electron chi connectivity index (χ1n) is 9.59. The van der Waals surface area contributed by atoms with Crippen LogP contribution in [0.1, 0.15) is 51.2 Å². The summed E-state index contributed by atoms with van der Waals surface area (Å²) in [6.07, 6.45) is 1.59. The predicted molar refractivity (Wildman–Crippen MR) is 121 cm³/mol. The Morgan fingerprint density at radius 2 is 2.03 bits per heavy atom. The molecule has 3 aromatic heterocycles. The number of primary amides is 1. The zero-order chi connectivity index (χ0) is 23.6. The number of anilines is 1. The summed E-state index contributed by atoms with van der Waals surface area (Å²) in [4.78, 5) is 36.7. The smallest absolute Gasteiger partial charge is 0.341 e. The highest BCUT2D eigenvalue weighted by molar-refractivity contribution is 7.99. The number of thiophene rings is 1. The van der Waals surface area contributed by atoms with E-state index in [4.69, 9.17) is 14.9 Å². The van der Waals surface area contributed by atoms with Gasteiger partial charge < -0.3 is 20.2 Å². The van der Waals surface area contributed by atoms with Crippen LogP contribution in [0.3, 0.4) is 0 Å². The number of ether oxygens (including phenoxy) is 1. The molecule has 0 aromatic carbocycles. The van der Waals surface area contributed by atoms with Crippen LogP contribution in [0.15, 0.2) is 21.9 Å². The number of nitrogens with one attached hydrogen (secondary N) is 1. The van der Waals surface area contributed by atoms with Gasteiger partial charge in [-0.05, 0) is 39.3 Å². The van der Waals surface area contributed by atoms with Gasteiger partial charge in [0.15, 0.2) is 11.0 Å². The number of amides is 2. The molecule has 3 heterocycles. The minimum atomic E-state index is -0.681. The van der Waals surface area contributed by atoms with Gasteiger partial charge in [-0.2, -0.15) is 0 Å². The van der Waals surface area contributed by atoms with Gasteiger partial charge in [-0.15, -0.1) is 21.5 Å². The minimum absolute atomic E-state index is 0.0126. The van der Waals surface area contributed by atoms with Crippen LogP contribution in [0.25, 0.3) is 11.4 Å². The summed E-state index contributed by atoms with van der Waals surface area (Å²) in [6.45, 7) is 7.42. The van der Waals surface area contributed by atoms with Crippen molar-refractivity contribution in [3.63, 3.8) is 0 Å². The lowest BCUT2D eigenvalue weighted by atomic mass is 10.1. The molecule has 0 spiro atoms. The van der Waals surface area contributed by atoms with E-state index in [9.17, 15) is 14.4 Å². The van der Waals surface area contributed by atoms with Crippen molar-refractivity contribution < 1.29 is 23.5 Å². The molecule has 10 nitrogen and oxygen atoms in total. The molecule has 3 rings (SSSR count). The van der Waals surface area contributed by atoms with Gasteiger partial charge in [-0.25, -0.2) is 4.79 Å². The van der Waals surface area contributed by atoms with Crippen LogP contribution < -0.4 is 11.1 Å². The van der Waals surface area contributed by atoms with Crippen LogP contribution in [-0.2, 0) is 9.53 Å². The fourth-order valence-corrected chi connectivity index (χ4v) is 5.05.